The van der Waals surface area contributed by atoms with Crippen LogP contribution in [0.3, 0.4) is 0 Å². The van der Waals surface area contributed by atoms with Crippen LogP contribution in [0.4, 0.5) is 5.69 Å². The average Bonchev–Trinajstić information content (AvgIpc) is 2.31. The Kier molecular flexibility index (Phi) is 5.42. The number of hydrogen-bond donors (Lipinski definition) is 3. The second kappa shape index (κ2) is 6.90. The molecule has 0 aliphatic carbocycles. The van der Waals surface area contributed by atoms with Crippen LogP contribution in [-0.2, 0) is 0 Å². The van der Waals surface area contributed by atoms with Crippen molar-refractivity contribution in [2.24, 2.45) is 0 Å². The van der Waals surface area contributed by atoms with Crippen molar-refractivity contribution < 1.29 is 4.74 Å². The zero-order chi connectivity index (χ0) is 11.8. The van der Waals surface area contributed by atoms with Crippen molar-refractivity contribution in [1.82, 2.24) is 10.6 Å². The molecule has 0 unspecified atom stereocenters. The lowest BCUT2D eigenvalue weighted by molar-refractivity contribution is 0.311. The summed E-state index contributed by atoms with van der Waals surface area (Å²) in [5.74, 6) is 0.838. The maximum absolute atomic E-state index is 5.56. The quantitative estimate of drug-likeness (QED) is 0.408. The molecule has 0 bridgehead atoms. The average molecular weight is 239 g/mol. The normalized spacial score (nSPS) is 9.56. The molecule has 0 atom stereocenters. The Morgan fingerprint density at radius 2 is 2.06 bits per heavy atom. The molecule has 0 aliphatic rings. The van der Waals surface area contributed by atoms with Crippen LogP contribution >= 0.6 is 12.2 Å². The minimum atomic E-state index is 0.656. The Bertz CT molecular complexity index is 327. The summed E-state index contributed by atoms with van der Waals surface area (Å²) in [5, 5.41) is 6.55. The van der Waals surface area contributed by atoms with E-state index >= 15 is 0 Å². The van der Waals surface area contributed by atoms with E-state index in [1.807, 2.05) is 24.3 Å². The highest BCUT2D eigenvalue weighted by molar-refractivity contribution is 7.80. The maximum Gasteiger partial charge on any atom is 0.166 e. The highest BCUT2D eigenvalue weighted by Crippen LogP contribution is 2.12. The van der Waals surface area contributed by atoms with Crippen molar-refractivity contribution in [3.05, 3.63) is 24.3 Å². The summed E-state index contributed by atoms with van der Waals surface area (Å²) in [5.41, 5.74) is 6.31. The van der Waals surface area contributed by atoms with E-state index < -0.39 is 0 Å². The van der Waals surface area contributed by atoms with Gasteiger partial charge in [0.1, 0.15) is 5.75 Å². The van der Waals surface area contributed by atoms with Crippen molar-refractivity contribution in [2.45, 2.75) is 6.42 Å². The summed E-state index contributed by atoms with van der Waals surface area (Å²) >= 11 is 4.94. The van der Waals surface area contributed by atoms with Crippen molar-refractivity contribution >= 4 is 23.0 Å². The summed E-state index contributed by atoms with van der Waals surface area (Å²) in [6, 6.07) is 7.37. The van der Waals surface area contributed by atoms with Crippen LogP contribution in [0.25, 0.3) is 0 Å². The van der Waals surface area contributed by atoms with E-state index in [4.69, 9.17) is 22.7 Å². The Morgan fingerprint density at radius 1 is 1.38 bits per heavy atom. The van der Waals surface area contributed by atoms with Gasteiger partial charge >= 0.3 is 0 Å². The first-order valence-corrected chi connectivity index (χ1v) is 5.57. The fourth-order valence-corrected chi connectivity index (χ4v) is 1.22. The third-order valence-corrected chi connectivity index (χ3v) is 2.33. The molecule has 0 radical (unpaired) electrons. The Balaban J connectivity index is 2.11. The highest BCUT2D eigenvalue weighted by Gasteiger charge is 1.94. The first-order chi connectivity index (χ1) is 7.72. The lowest BCUT2D eigenvalue weighted by Gasteiger charge is -2.08. The molecule has 0 saturated heterocycles. The van der Waals surface area contributed by atoms with Gasteiger partial charge in [0.05, 0.1) is 6.61 Å². The summed E-state index contributed by atoms with van der Waals surface area (Å²) in [6.45, 7) is 1.46. The fraction of sp³-hybridized carbons (Fsp3) is 0.364. The summed E-state index contributed by atoms with van der Waals surface area (Å²) < 4.78 is 5.52. The fourth-order valence-electron chi connectivity index (χ4n) is 1.12. The van der Waals surface area contributed by atoms with E-state index in [0.29, 0.717) is 11.7 Å². The van der Waals surface area contributed by atoms with E-state index in [0.717, 1.165) is 24.4 Å². The predicted molar refractivity (Wildman–Crippen MR) is 70.6 cm³/mol. The molecule has 4 N–H and O–H groups in total. The van der Waals surface area contributed by atoms with Gasteiger partial charge in [0, 0.05) is 19.3 Å². The van der Waals surface area contributed by atoms with Crippen LogP contribution in [0.2, 0.25) is 0 Å². The number of thiocarbonyl (C=S) groups is 1. The molecule has 0 aliphatic heterocycles. The Hall–Kier alpha value is -1.49. The number of nitrogens with one attached hydrogen (secondary N) is 2. The van der Waals surface area contributed by atoms with Gasteiger partial charge in [-0.3, -0.25) is 0 Å². The largest absolute Gasteiger partial charge is 0.494 e. The second-order valence-corrected chi connectivity index (χ2v) is 3.69. The number of ether oxygens (including phenoxy) is 1. The molecule has 5 heteroatoms. The maximum atomic E-state index is 5.56. The molecule has 16 heavy (non-hydrogen) atoms. The summed E-state index contributed by atoms with van der Waals surface area (Å²) in [7, 11) is 1.79. The number of hydrogen-bond acceptors (Lipinski definition) is 3. The zero-order valence-electron chi connectivity index (χ0n) is 9.32. The molecule has 0 aromatic heterocycles. The first-order valence-electron chi connectivity index (χ1n) is 5.16. The Morgan fingerprint density at radius 3 is 2.69 bits per heavy atom. The molecule has 0 fully saturated rings. The molecule has 1 aromatic rings. The van der Waals surface area contributed by atoms with Gasteiger partial charge in [0.25, 0.3) is 0 Å². The number of benzene rings is 1. The van der Waals surface area contributed by atoms with Crippen LogP contribution in [0.5, 0.6) is 5.75 Å². The third-order valence-electron chi connectivity index (χ3n) is 1.98. The van der Waals surface area contributed by atoms with Gasteiger partial charge in [-0.25, -0.2) is 0 Å². The van der Waals surface area contributed by atoms with Crippen LogP contribution in [0.1, 0.15) is 6.42 Å². The number of anilines is 1. The van der Waals surface area contributed by atoms with Crippen LogP contribution in [0.15, 0.2) is 24.3 Å². The van der Waals surface area contributed by atoms with Gasteiger partial charge in [-0.05, 0) is 42.9 Å². The molecule has 1 aromatic carbocycles. The minimum absolute atomic E-state index is 0.656. The molecule has 1 rings (SSSR count). The highest BCUT2D eigenvalue weighted by atomic mass is 32.1. The second-order valence-electron chi connectivity index (χ2n) is 3.28. The molecular weight excluding hydrogens is 222 g/mol. The minimum Gasteiger partial charge on any atom is -0.494 e. The van der Waals surface area contributed by atoms with Gasteiger partial charge in [-0.2, -0.15) is 0 Å². The lowest BCUT2D eigenvalue weighted by Crippen LogP contribution is -2.33. The molecule has 0 spiro atoms. The van der Waals surface area contributed by atoms with Crippen LogP contribution in [0, 0.1) is 0 Å². The molecule has 88 valence electrons. The predicted octanol–water partition coefficient (Wildman–Crippen LogP) is 1.13. The molecule has 0 amide bonds. The molecule has 0 saturated carbocycles. The third kappa shape index (κ3) is 4.84. The first kappa shape index (κ1) is 12.6. The lowest BCUT2D eigenvalue weighted by atomic mass is 10.3. The zero-order valence-corrected chi connectivity index (χ0v) is 10.1. The van der Waals surface area contributed by atoms with Crippen molar-refractivity contribution in [3.63, 3.8) is 0 Å². The SMILES string of the molecule is CNC(=S)NCCCOc1ccc(N)cc1. The van der Waals surface area contributed by atoms with Crippen molar-refractivity contribution in [3.8, 4) is 5.75 Å². The van der Waals surface area contributed by atoms with E-state index in [-0.39, 0.29) is 0 Å². The van der Waals surface area contributed by atoms with Gasteiger partial charge < -0.3 is 21.1 Å². The van der Waals surface area contributed by atoms with E-state index in [9.17, 15) is 0 Å². The number of rotatable bonds is 5. The number of nitrogens with two attached hydrogens (primary N) is 1. The van der Waals surface area contributed by atoms with Gasteiger partial charge in [0.15, 0.2) is 5.11 Å². The Labute approximate surface area is 101 Å². The van der Waals surface area contributed by atoms with Gasteiger partial charge in [-0.15, -0.1) is 0 Å². The van der Waals surface area contributed by atoms with Crippen LogP contribution in [-0.4, -0.2) is 25.3 Å². The van der Waals surface area contributed by atoms with E-state index in [1.54, 1.807) is 7.05 Å². The van der Waals surface area contributed by atoms with E-state index in [1.165, 1.54) is 0 Å². The van der Waals surface area contributed by atoms with Crippen molar-refractivity contribution in [2.75, 3.05) is 25.9 Å². The monoisotopic (exact) mass is 239 g/mol. The topological polar surface area (TPSA) is 59.3 Å². The van der Waals surface area contributed by atoms with Gasteiger partial charge in [0.2, 0.25) is 0 Å². The summed E-state index contributed by atoms with van der Waals surface area (Å²) in [4.78, 5) is 0. The van der Waals surface area contributed by atoms with Gasteiger partial charge in [-0.1, -0.05) is 0 Å². The summed E-state index contributed by atoms with van der Waals surface area (Å²) in [6.07, 6.45) is 0.895. The van der Waals surface area contributed by atoms with Crippen LogP contribution < -0.4 is 21.1 Å². The standard InChI is InChI=1S/C11H17N3OS/c1-13-11(16)14-7-2-8-15-10-5-3-9(12)4-6-10/h3-6H,2,7-8,12H2,1H3,(H2,13,14,16). The van der Waals surface area contributed by atoms with E-state index in [2.05, 4.69) is 10.6 Å². The number of nitrogen functional groups attached to an aromatic ring is 1. The molecule has 0 heterocycles. The molecular formula is C11H17N3OS. The molecule has 4 nitrogen and oxygen atoms in total. The van der Waals surface area contributed by atoms with Crippen molar-refractivity contribution in [1.29, 1.82) is 0 Å². The smallest absolute Gasteiger partial charge is 0.166 e.